The molecule has 1 aromatic heterocycles. The number of nitrogens with zero attached hydrogens (tertiary/aromatic N) is 2. The summed E-state index contributed by atoms with van der Waals surface area (Å²) in [7, 11) is 3.41. The van der Waals surface area contributed by atoms with E-state index in [-0.39, 0.29) is 0 Å². The maximum Gasteiger partial charge on any atom is 0.224 e. The molecule has 0 amide bonds. The number of rotatable bonds is 5. The van der Waals surface area contributed by atoms with Crippen molar-refractivity contribution >= 4 is 21.7 Å². The molecule has 2 rings (SSSR count). The number of halogens is 1. The smallest absolute Gasteiger partial charge is 0.224 e. The first-order valence-electron chi connectivity index (χ1n) is 6.52. The highest BCUT2D eigenvalue weighted by Crippen LogP contribution is 2.29. The van der Waals surface area contributed by atoms with Crippen molar-refractivity contribution in [2.24, 2.45) is 0 Å². The molecule has 6 heteroatoms. The Bertz CT molecular complexity index is 624. The number of nitrogens with one attached hydrogen (secondary N) is 1. The third-order valence-electron chi connectivity index (χ3n) is 2.91. The topological polar surface area (TPSA) is 56.3 Å². The lowest BCUT2D eigenvalue weighted by molar-refractivity contribution is 0.177. The maximum atomic E-state index is 5.86. The lowest BCUT2D eigenvalue weighted by atomic mass is 10.1. The number of anilines is 1. The van der Waals surface area contributed by atoms with Crippen LogP contribution in [0.4, 0.5) is 5.82 Å². The number of methoxy groups -OCH3 is 1. The van der Waals surface area contributed by atoms with Gasteiger partial charge in [-0.05, 0) is 37.1 Å². The number of ether oxygens (including phenoxy) is 2. The predicted molar refractivity (Wildman–Crippen MR) is 86.0 cm³/mol. The van der Waals surface area contributed by atoms with Crippen LogP contribution in [-0.4, -0.2) is 24.1 Å². The van der Waals surface area contributed by atoms with Crippen LogP contribution in [0.15, 0.2) is 22.7 Å². The van der Waals surface area contributed by atoms with Crippen LogP contribution < -0.4 is 10.1 Å². The molecule has 112 valence electrons. The van der Waals surface area contributed by atoms with Crippen molar-refractivity contribution < 1.29 is 9.47 Å². The molecule has 0 aliphatic rings. The summed E-state index contributed by atoms with van der Waals surface area (Å²) in [5.41, 5.74) is 2.23. The number of hydrogen-bond donors (Lipinski definition) is 1. The van der Waals surface area contributed by atoms with Crippen molar-refractivity contribution in [2.75, 3.05) is 19.5 Å². The van der Waals surface area contributed by atoms with Gasteiger partial charge < -0.3 is 14.8 Å². The minimum atomic E-state index is 0.338. The normalized spacial score (nSPS) is 10.5. The summed E-state index contributed by atoms with van der Waals surface area (Å²) in [6.07, 6.45) is 0. The molecule has 0 aliphatic carbocycles. The van der Waals surface area contributed by atoms with E-state index in [9.17, 15) is 0 Å². The molecule has 0 spiro atoms. The summed E-state index contributed by atoms with van der Waals surface area (Å²) >= 11 is 3.55. The molecular formula is C15H18BrN3O2. The van der Waals surface area contributed by atoms with Crippen molar-refractivity contribution in [2.45, 2.75) is 20.5 Å². The SMILES string of the molecule is CNc1cc(Oc2cc(C)c(Br)c(C)c2)nc(COC)n1. The Hall–Kier alpha value is -1.66. The predicted octanol–water partition coefficient (Wildman–Crippen LogP) is 3.84. The Balaban J connectivity index is 2.32. The van der Waals surface area contributed by atoms with Gasteiger partial charge in [0.15, 0.2) is 5.82 Å². The Morgan fingerprint density at radius 2 is 1.81 bits per heavy atom. The summed E-state index contributed by atoms with van der Waals surface area (Å²) in [5, 5.41) is 2.99. The monoisotopic (exact) mass is 351 g/mol. The summed E-state index contributed by atoms with van der Waals surface area (Å²) in [4.78, 5) is 8.64. The van der Waals surface area contributed by atoms with Crippen LogP contribution in [0.3, 0.4) is 0 Å². The fourth-order valence-corrected chi connectivity index (χ4v) is 2.16. The molecule has 5 nitrogen and oxygen atoms in total. The van der Waals surface area contributed by atoms with Gasteiger partial charge in [-0.1, -0.05) is 15.9 Å². The van der Waals surface area contributed by atoms with Crippen molar-refractivity contribution in [3.8, 4) is 11.6 Å². The van der Waals surface area contributed by atoms with E-state index in [1.54, 1.807) is 20.2 Å². The lowest BCUT2D eigenvalue weighted by Crippen LogP contribution is -2.03. The first kappa shape index (κ1) is 15.7. The van der Waals surface area contributed by atoms with E-state index >= 15 is 0 Å². The highest BCUT2D eigenvalue weighted by molar-refractivity contribution is 9.10. The molecule has 2 aromatic rings. The van der Waals surface area contributed by atoms with Gasteiger partial charge in [0.25, 0.3) is 0 Å². The van der Waals surface area contributed by atoms with Crippen molar-refractivity contribution in [3.63, 3.8) is 0 Å². The van der Waals surface area contributed by atoms with E-state index < -0.39 is 0 Å². The van der Waals surface area contributed by atoms with E-state index in [4.69, 9.17) is 9.47 Å². The van der Waals surface area contributed by atoms with E-state index in [1.165, 1.54) is 0 Å². The number of hydrogen-bond acceptors (Lipinski definition) is 5. The van der Waals surface area contributed by atoms with Crippen LogP contribution in [0.2, 0.25) is 0 Å². The van der Waals surface area contributed by atoms with Gasteiger partial charge >= 0.3 is 0 Å². The summed E-state index contributed by atoms with van der Waals surface area (Å²) in [6.45, 7) is 4.39. The van der Waals surface area contributed by atoms with Crippen LogP contribution in [0.25, 0.3) is 0 Å². The minimum absolute atomic E-state index is 0.338. The molecule has 0 aliphatic heterocycles. The maximum absolute atomic E-state index is 5.86. The molecule has 0 atom stereocenters. The van der Waals surface area contributed by atoms with Crippen LogP contribution >= 0.6 is 15.9 Å². The molecule has 0 saturated carbocycles. The van der Waals surface area contributed by atoms with Gasteiger partial charge in [0.1, 0.15) is 18.2 Å². The zero-order chi connectivity index (χ0) is 15.4. The Labute approximate surface area is 132 Å². The standard InChI is InChI=1S/C15H18BrN3O2/c1-9-5-11(6-10(2)15(9)16)21-14-7-12(17-3)18-13(19-14)8-20-4/h5-7H,8H2,1-4H3,(H,17,18,19). The average Bonchev–Trinajstić information content (AvgIpc) is 2.44. The molecule has 0 saturated heterocycles. The highest BCUT2D eigenvalue weighted by atomic mass is 79.9. The zero-order valence-electron chi connectivity index (χ0n) is 12.5. The van der Waals surface area contributed by atoms with E-state index in [2.05, 4.69) is 31.2 Å². The van der Waals surface area contributed by atoms with Gasteiger partial charge in [0.05, 0.1) is 0 Å². The fraction of sp³-hybridized carbons (Fsp3) is 0.333. The molecule has 0 fully saturated rings. The average molecular weight is 352 g/mol. The van der Waals surface area contributed by atoms with Gasteiger partial charge in [0, 0.05) is 24.7 Å². The Morgan fingerprint density at radius 3 is 2.38 bits per heavy atom. The largest absolute Gasteiger partial charge is 0.439 e. The van der Waals surface area contributed by atoms with Crippen LogP contribution in [0.1, 0.15) is 17.0 Å². The third kappa shape index (κ3) is 3.92. The number of aryl methyl sites for hydroxylation is 2. The van der Waals surface area contributed by atoms with Gasteiger partial charge in [-0.15, -0.1) is 0 Å². The summed E-state index contributed by atoms with van der Waals surface area (Å²) in [5.74, 6) is 2.50. The van der Waals surface area contributed by atoms with Crippen molar-refractivity contribution in [1.29, 1.82) is 0 Å². The van der Waals surface area contributed by atoms with Crippen molar-refractivity contribution in [1.82, 2.24) is 9.97 Å². The molecule has 21 heavy (non-hydrogen) atoms. The second kappa shape index (κ2) is 6.87. The first-order chi connectivity index (χ1) is 10.0. The Kier molecular flexibility index (Phi) is 5.14. The highest BCUT2D eigenvalue weighted by Gasteiger charge is 2.08. The summed E-state index contributed by atoms with van der Waals surface area (Å²) < 4.78 is 12.0. The van der Waals surface area contributed by atoms with Crippen LogP contribution in [-0.2, 0) is 11.3 Å². The molecule has 0 bridgehead atoms. The zero-order valence-corrected chi connectivity index (χ0v) is 14.1. The van der Waals surface area contributed by atoms with Crippen LogP contribution in [0.5, 0.6) is 11.6 Å². The molecule has 1 N–H and O–H groups in total. The van der Waals surface area contributed by atoms with Gasteiger partial charge in [-0.2, -0.15) is 4.98 Å². The third-order valence-corrected chi connectivity index (χ3v) is 4.16. The van der Waals surface area contributed by atoms with E-state index in [1.807, 2.05) is 26.0 Å². The first-order valence-corrected chi connectivity index (χ1v) is 7.32. The van der Waals surface area contributed by atoms with E-state index in [0.717, 1.165) is 21.3 Å². The fourth-order valence-electron chi connectivity index (χ4n) is 1.93. The Morgan fingerprint density at radius 1 is 1.14 bits per heavy atom. The van der Waals surface area contributed by atoms with Crippen molar-refractivity contribution in [3.05, 3.63) is 39.6 Å². The molecule has 1 aromatic carbocycles. The van der Waals surface area contributed by atoms with Gasteiger partial charge in [0.2, 0.25) is 5.88 Å². The van der Waals surface area contributed by atoms with E-state index in [0.29, 0.717) is 24.1 Å². The second-order valence-corrected chi connectivity index (χ2v) is 5.46. The van der Waals surface area contributed by atoms with Gasteiger partial charge in [-0.25, -0.2) is 4.98 Å². The lowest BCUT2D eigenvalue weighted by Gasteiger charge is -2.11. The molecule has 1 heterocycles. The van der Waals surface area contributed by atoms with Crippen LogP contribution in [0, 0.1) is 13.8 Å². The number of benzene rings is 1. The summed E-state index contributed by atoms with van der Waals surface area (Å²) in [6, 6.07) is 5.69. The second-order valence-electron chi connectivity index (χ2n) is 4.66. The molecule has 0 radical (unpaired) electrons. The number of aromatic nitrogens is 2. The molecular weight excluding hydrogens is 334 g/mol. The molecule has 0 unspecified atom stereocenters. The minimum Gasteiger partial charge on any atom is -0.439 e. The quantitative estimate of drug-likeness (QED) is 0.886. The van der Waals surface area contributed by atoms with Gasteiger partial charge in [-0.3, -0.25) is 0 Å².